The van der Waals surface area contributed by atoms with Gasteiger partial charge in [-0.05, 0) is 36.1 Å². The normalized spacial score (nSPS) is 10.1. The number of thioether (sulfide) groups is 1. The van der Waals surface area contributed by atoms with E-state index in [2.05, 4.69) is 10.9 Å². The van der Waals surface area contributed by atoms with Crippen LogP contribution in [0.2, 0.25) is 0 Å². The summed E-state index contributed by atoms with van der Waals surface area (Å²) in [5, 5.41) is 0. The Morgan fingerprint density at radius 2 is 1.64 bits per heavy atom. The second kappa shape index (κ2) is 7.61. The second-order valence-electron chi connectivity index (χ2n) is 4.52. The number of hydrazine groups is 1. The van der Waals surface area contributed by atoms with Crippen molar-refractivity contribution in [2.24, 2.45) is 0 Å². The molecule has 0 aliphatic heterocycles. The Balaban J connectivity index is 1.95. The van der Waals surface area contributed by atoms with Crippen molar-refractivity contribution in [1.82, 2.24) is 10.9 Å². The van der Waals surface area contributed by atoms with E-state index in [1.807, 2.05) is 18.4 Å². The molecule has 0 saturated heterocycles. The van der Waals surface area contributed by atoms with E-state index < -0.39 is 17.6 Å². The van der Waals surface area contributed by atoms with E-state index in [1.54, 1.807) is 30.0 Å². The highest BCUT2D eigenvalue weighted by atomic mass is 32.2. The highest BCUT2D eigenvalue weighted by molar-refractivity contribution is 7.97. The Hall–Kier alpha value is -2.34. The summed E-state index contributed by atoms with van der Waals surface area (Å²) < 4.78 is 13.4. The van der Waals surface area contributed by atoms with Crippen LogP contribution in [0.15, 0.2) is 48.5 Å². The summed E-state index contributed by atoms with van der Waals surface area (Å²) in [6.45, 7) is 0. The average molecular weight is 318 g/mol. The Morgan fingerprint density at radius 3 is 2.27 bits per heavy atom. The first-order chi connectivity index (χ1) is 10.6. The lowest BCUT2D eigenvalue weighted by Crippen LogP contribution is -2.41. The molecule has 0 spiro atoms. The zero-order valence-electron chi connectivity index (χ0n) is 11.9. The van der Waals surface area contributed by atoms with Crippen molar-refractivity contribution in [3.05, 3.63) is 71.0 Å². The van der Waals surface area contributed by atoms with Crippen molar-refractivity contribution in [3.63, 3.8) is 0 Å². The number of nitrogens with one attached hydrogen (secondary N) is 2. The maximum Gasteiger partial charge on any atom is 0.272 e. The molecule has 0 aliphatic rings. The van der Waals surface area contributed by atoms with Gasteiger partial charge in [0.15, 0.2) is 0 Å². The number of carbonyl (C=O) groups is 2. The second-order valence-corrected chi connectivity index (χ2v) is 5.38. The number of benzene rings is 2. The van der Waals surface area contributed by atoms with Gasteiger partial charge in [0.05, 0.1) is 5.56 Å². The molecule has 0 aromatic heterocycles. The molecular weight excluding hydrogens is 303 g/mol. The molecule has 0 heterocycles. The van der Waals surface area contributed by atoms with Crippen LogP contribution in [0.4, 0.5) is 4.39 Å². The van der Waals surface area contributed by atoms with Crippen molar-refractivity contribution >= 4 is 23.6 Å². The summed E-state index contributed by atoms with van der Waals surface area (Å²) in [6.07, 6.45) is 2.00. The Bertz CT molecular complexity index is 674. The molecule has 2 aromatic rings. The molecule has 0 radical (unpaired) electrons. The van der Waals surface area contributed by atoms with Crippen LogP contribution in [-0.4, -0.2) is 18.1 Å². The van der Waals surface area contributed by atoms with Crippen molar-refractivity contribution in [2.45, 2.75) is 5.75 Å². The molecule has 0 aliphatic carbocycles. The first-order valence-electron chi connectivity index (χ1n) is 6.55. The van der Waals surface area contributed by atoms with Gasteiger partial charge in [-0.3, -0.25) is 20.4 Å². The van der Waals surface area contributed by atoms with Gasteiger partial charge < -0.3 is 0 Å². The zero-order chi connectivity index (χ0) is 15.9. The van der Waals surface area contributed by atoms with Crippen LogP contribution in [0.5, 0.6) is 0 Å². The van der Waals surface area contributed by atoms with Crippen LogP contribution < -0.4 is 10.9 Å². The molecule has 2 rings (SSSR count). The maximum atomic E-state index is 13.4. The third-order valence-corrected chi connectivity index (χ3v) is 3.56. The van der Waals surface area contributed by atoms with Crippen LogP contribution in [0.3, 0.4) is 0 Å². The van der Waals surface area contributed by atoms with E-state index in [-0.39, 0.29) is 5.56 Å². The van der Waals surface area contributed by atoms with Gasteiger partial charge in [0.25, 0.3) is 11.8 Å². The quantitative estimate of drug-likeness (QED) is 0.852. The Kier molecular flexibility index (Phi) is 5.55. The first kappa shape index (κ1) is 16.0. The fraction of sp³-hybridized carbons (Fsp3) is 0.125. The first-order valence-corrected chi connectivity index (χ1v) is 7.94. The van der Waals surface area contributed by atoms with Crippen molar-refractivity contribution < 1.29 is 14.0 Å². The third-order valence-electron chi connectivity index (χ3n) is 2.94. The van der Waals surface area contributed by atoms with E-state index in [1.165, 1.54) is 18.2 Å². The standard InChI is InChI=1S/C16H15FN2O2S/c1-22-10-11-6-8-12(9-7-11)15(20)18-19-16(21)13-4-2-3-5-14(13)17/h2-9H,10H2,1H3,(H,18,20)(H,19,21). The van der Waals surface area contributed by atoms with Gasteiger partial charge in [-0.2, -0.15) is 11.8 Å². The molecule has 2 N–H and O–H groups in total. The van der Waals surface area contributed by atoms with Crippen molar-refractivity contribution in [1.29, 1.82) is 0 Å². The van der Waals surface area contributed by atoms with Gasteiger partial charge in [0.1, 0.15) is 5.82 Å². The molecule has 2 amide bonds. The minimum Gasteiger partial charge on any atom is -0.267 e. The van der Waals surface area contributed by atoms with E-state index in [0.29, 0.717) is 5.56 Å². The average Bonchev–Trinajstić information content (AvgIpc) is 2.54. The molecular formula is C16H15FN2O2S. The summed E-state index contributed by atoms with van der Waals surface area (Å²) in [4.78, 5) is 23.7. The molecule has 0 fully saturated rings. The highest BCUT2D eigenvalue weighted by Crippen LogP contribution is 2.10. The summed E-state index contributed by atoms with van der Waals surface area (Å²) in [5.41, 5.74) is 5.86. The molecule has 22 heavy (non-hydrogen) atoms. The lowest BCUT2D eigenvalue weighted by Gasteiger charge is -2.08. The van der Waals surface area contributed by atoms with Crippen molar-refractivity contribution in [2.75, 3.05) is 6.26 Å². The molecule has 0 atom stereocenters. The number of hydrogen-bond acceptors (Lipinski definition) is 3. The third kappa shape index (κ3) is 4.08. The van der Waals surface area contributed by atoms with Gasteiger partial charge in [-0.25, -0.2) is 4.39 Å². The molecule has 2 aromatic carbocycles. The van der Waals surface area contributed by atoms with Gasteiger partial charge in [-0.15, -0.1) is 0 Å². The molecule has 0 bridgehead atoms. The summed E-state index contributed by atoms with van der Waals surface area (Å²) in [5.74, 6) is -0.937. The Labute approximate surface area is 132 Å². The summed E-state index contributed by atoms with van der Waals surface area (Å²) >= 11 is 1.69. The minimum atomic E-state index is -0.703. The number of halogens is 1. The topological polar surface area (TPSA) is 58.2 Å². The van der Waals surface area contributed by atoms with E-state index in [9.17, 15) is 14.0 Å². The lowest BCUT2D eigenvalue weighted by atomic mass is 10.1. The SMILES string of the molecule is CSCc1ccc(C(=O)NNC(=O)c2ccccc2F)cc1. The fourth-order valence-electron chi connectivity index (χ4n) is 1.82. The number of rotatable bonds is 4. The van der Waals surface area contributed by atoms with Crippen LogP contribution in [0, 0.1) is 5.82 Å². The van der Waals surface area contributed by atoms with Gasteiger partial charge in [0.2, 0.25) is 0 Å². The smallest absolute Gasteiger partial charge is 0.267 e. The maximum absolute atomic E-state index is 13.4. The van der Waals surface area contributed by atoms with Gasteiger partial charge >= 0.3 is 0 Å². The Morgan fingerprint density at radius 1 is 1.00 bits per heavy atom. The van der Waals surface area contributed by atoms with Gasteiger partial charge in [-0.1, -0.05) is 24.3 Å². The van der Waals surface area contributed by atoms with E-state index in [0.717, 1.165) is 11.3 Å². The number of amides is 2. The molecule has 0 unspecified atom stereocenters. The molecule has 4 nitrogen and oxygen atoms in total. The highest BCUT2D eigenvalue weighted by Gasteiger charge is 2.12. The molecule has 0 saturated carbocycles. The fourth-order valence-corrected chi connectivity index (χ4v) is 2.34. The van der Waals surface area contributed by atoms with Crippen LogP contribution in [-0.2, 0) is 5.75 Å². The van der Waals surface area contributed by atoms with E-state index >= 15 is 0 Å². The van der Waals surface area contributed by atoms with Crippen LogP contribution in [0.1, 0.15) is 26.3 Å². The summed E-state index contributed by atoms with van der Waals surface area (Å²) in [7, 11) is 0. The molecule has 114 valence electrons. The molecule has 6 heteroatoms. The zero-order valence-corrected chi connectivity index (χ0v) is 12.7. The monoisotopic (exact) mass is 318 g/mol. The predicted molar refractivity (Wildman–Crippen MR) is 85.0 cm³/mol. The van der Waals surface area contributed by atoms with Gasteiger partial charge in [0, 0.05) is 11.3 Å². The van der Waals surface area contributed by atoms with Crippen LogP contribution in [0.25, 0.3) is 0 Å². The number of carbonyl (C=O) groups excluding carboxylic acids is 2. The predicted octanol–water partition coefficient (Wildman–Crippen LogP) is 2.76. The lowest BCUT2D eigenvalue weighted by molar-refractivity contribution is 0.0844. The van der Waals surface area contributed by atoms with Crippen molar-refractivity contribution in [3.8, 4) is 0 Å². The van der Waals surface area contributed by atoms with Crippen LogP contribution >= 0.6 is 11.8 Å². The largest absolute Gasteiger partial charge is 0.272 e. The minimum absolute atomic E-state index is 0.127. The summed E-state index contributed by atoms with van der Waals surface area (Å²) in [6, 6.07) is 12.6. The number of hydrogen-bond donors (Lipinski definition) is 2. The van der Waals surface area contributed by atoms with E-state index in [4.69, 9.17) is 0 Å².